The van der Waals surface area contributed by atoms with Gasteiger partial charge in [0.25, 0.3) is 0 Å². The summed E-state index contributed by atoms with van der Waals surface area (Å²) in [5.41, 5.74) is 12.5. The van der Waals surface area contributed by atoms with Crippen LogP contribution in [0.25, 0.3) is 66.1 Å². The van der Waals surface area contributed by atoms with Crippen molar-refractivity contribution < 1.29 is 0 Å². The topological polar surface area (TPSA) is 9.86 Å². The molecule has 40 heavy (non-hydrogen) atoms. The number of para-hydroxylation sites is 4. The van der Waals surface area contributed by atoms with Gasteiger partial charge in [-0.3, -0.25) is 0 Å². The van der Waals surface area contributed by atoms with Gasteiger partial charge in [-0.15, -0.1) is 0 Å². The summed E-state index contributed by atoms with van der Waals surface area (Å²) in [7, 11) is 0. The molecule has 0 saturated carbocycles. The van der Waals surface area contributed by atoms with E-state index >= 15 is 0 Å². The van der Waals surface area contributed by atoms with Gasteiger partial charge in [-0.2, -0.15) is 0 Å². The second kappa shape index (κ2) is 8.72. The van der Waals surface area contributed by atoms with Crippen molar-refractivity contribution in [2.45, 2.75) is 13.8 Å². The van der Waals surface area contributed by atoms with Crippen LogP contribution in [-0.4, -0.2) is 9.13 Å². The monoisotopic (exact) mass is 512 g/mol. The molecule has 0 aliphatic heterocycles. The van der Waals surface area contributed by atoms with E-state index in [1.54, 1.807) is 0 Å². The van der Waals surface area contributed by atoms with Crippen molar-refractivity contribution >= 4 is 43.6 Å². The summed E-state index contributed by atoms with van der Waals surface area (Å²) in [4.78, 5) is 0. The zero-order chi connectivity index (χ0) is 26.8. The molecule has 0 radical (unpaired) electrons. The average Bonchev–Trinajstić information content (AvgIpc) is 3.52. The van der Waals surface area contributed by atoms with E-state index in [-0.39, 0.29) is 0 Å². The molecule has 6 aromatic carbocycles. The van der Waals surface area contributed by atoms with Crippen molar-refractivity contribution in [3.05, 3.63) is 145 Å². The van der Waals surface area contributed by atoms with Crippen LogP contribution in [0.5, 0.6) is 0 Å². The van der Waals surface area contributed by atoms with Crippen molar-refractivity contribution in [1.82, 2.24) is 9.13 Å². The van der Waals surface area contributed by atoms with Gasteiger partial charge in [0, 0.05) is 32.9 Å². The molecule has 0 unspecified atom stereocenters. The van der Waals surface area contributed by atoms with Crippen molar-refractivity contribution in [3.63, 3.8) is 0 Å². The first-order chi connectivity index (χ1) is 19.7. The van der Waals surface area contributed by atoms with Crippen LogP contribution in [0.3, 0.4) is 0 Å². The molecule has 0 aliphatic carbocycles. The fourth-order valence-electron chi connectivity index (χ4n) is 6.53. The third kappa shape index (κ3) is 3.23. The highest BCUT2D eigenvalue weighted by Crippen LogP contribution is 2.37. The number of rotatable bonds is 3. The van der Waals surface area contributed by atoms with Crippen molar-refractivity contribution in [3.8, 4) is 22.5 Å². The van der Waals surface area contributed by atoms with Crippen LogP contribution in [0.15, 0.2) is 133 Å². The van der Waals surface area contributed by atoms with Crippen molar-refractivity contribution in [2.24, 2.45) is 0 Å². The maximum absolute atomic E-state index is 2.42. The molecule has 0 fully saturated rings. The smallest absolute Gasteiger partial charge is 0.0541 e. The molecule has 0 saturated heterocycles. The van der Waals surface area contributed by atoms with Gasteiger partial charge in [0.15, 0.2) is 0 Å². The Morgan fingerprint density at radius 3 is 1.27 bits per heavy atom. The molecule has 8 rings (SSSR count). The fourth-order valence-corrected chi connectivity index (χ4v) is 6.53. The predicted molar refractivity (Wildman–Crippen MR) is 170 cm³/mol. The van der Waals surface area contributed by atoms with E-state index < -0.39 is 0 Å². The lowest BCUT2D eigenvalue weighted by molar-refractivity contribution is 1.13. The minimum Gasteiger partial charge on any atom is -0.309 e. The normalized spacial score (nSPS) is 11.8. The first-order valence-corrected chi connectivity index (χ1v) is 13.9. The zero-order valence-corrected chi connectivity index (χ0v) is 22.6. The Bertz CT molecular complexity index is 2120. The minimum atomic E-state index is 1.18. The van der Waals surface area contributed by atoms with Crippen LogP contribution in [0, 0.1) is 13.8 Å². The summed E-state index contributed by atoms with van der Waals surface area (Å²) in [6, 6.07) is 48.4. The van der Waals surface area contributed by atoms with Crippen LogP contribution in [0.4, 0.5) is 0 Å². The number of benzene rings is 6. The predicted octanol–water partition coefficient (Wildman–Crippen LogP) is 10.2. The molecule has 0 aliphatic rings. The summed E-state index contributed by atoms with van der Waals surface area (Å²) < 4.78 is 4.79. The third-order valence-electron chi connectivity index (χ3n) is 8.60. The molecule has 2 aromatic heterocycles. The van der Waals surface area contributed by atoms with Gasteiger partial charge in [-0.1, -0.05) is 91.0 Å². The lowest BCUT2D eigenvalue weighted by Crippen LogP contribution is -2.00. The Labute approximate surface area is 233 Å². The van der Waals surface area contributed by atoms with Gasteiger partial charge in [-0.05, 0) is 78.6 Å². The summed E-state index contributed by atoms with van der Waals surface area (Å²) in [6.45, 7) is 4.51. The van der Waals surface area contributed by atoms with Crippen LogP contribution < -0.4 is 0 Å². The molecule has 190 valence electrons. The van der Waals surface area contributed by atoms with Crippen molar-refractivity contribution in [1.29, 1.82) is 0 Å². The second-order valence-corrected chi connectivity index (χ2v) is 10.7. The van der Waals surface area contributed by atoms with Gasteiger partial charge in [0.1, 0.15) is 0 Å². The number of aromatic nitrogens is 2. The Morgan fingerprint density at radius 2 is 0.800 bits per heavy atom. The summed E-state index contributed by atoms with van der Waals surface area (Å²) in [6.07, 6.45) is 0. The number of hydrogen-bond donors (Lipinski definition) is 0. The standard InChI is InChI=1S/C38H28N2/c1-25-26(2)34(40-37-17-9-5-13-32(37)33-14-6-10-18-38(33)40)24-23-29(25)27-19-21-28(22-20-27)39-35-15-7-3-11-30(35)31-12-4-8-16-36(31)39/h3-24H,1-2H3. The first-order valence-electron chi connectivity index (χ1n) is 13.9. The minimum absolute atomic E-state index is 1.18. The number of hydrogen-bond acceptors (Lipinski definition) is 0. The van der Waals surface area contributed by atoms with E-state index in [0.29, 0.717) is 0 Å². The SMILES string of the molecule is Cc1c(-c2ccc(-n3c4ccccc4c4ccccc43)cc2)ccc(-n2c3ccccc3c3ccccc32)c1C. The fraction of sp³-hybridized carbons (Fsp3) is 0.0526. The Balaban J connectivity index is 1.25. The van der Waals surface area contributed by atoms with E-state index in [0.717, 1.165) is 0 Å². The lowest BCUT2D eigenvalue weighted by atomic mass is 9.95. The quantitative estimate of drug-likeness (QED) is 0.223. The molecule has 0 spiro atoms. The van der Waals surface area contributed by atoms with E-state index in [4.69, 9.17) is 0 Å². The largest absolute Gasteiger partial charge is 0.309 e. The van der Waals surface area contributed by atoms with Crippen LogP contribution >= 0.6 is 0 Å². The van der Waals surface area contributed by atoms with Gasteiger partial charge in [0.05, 0.1) is 22.1 Å². The van der Waals surface area contributed by atoms with Gasteiger partial charge in [0.2, 0.25) is 0 Å². The summed E-state index contributed by atoms with van der Waals surface area (Å²) >= 11 is 0. The Hall–Kier alpha value is -5.08. The average molecular weight is 513 g/mol. The molecule has 0 bridgehead atoms. The molecule has 0 N–H and O–H groups in total. The highest BCUT2D eigenvalue weighted by Gasteiger charge is 2.16. The number of fused-ring (bicyclic) bond motifs is 6. The van der Waals surface area contributed by atoms with Crippen LogP contribution in [0.1, 0.15) is 11.1 Å². The molecular weight excluding hydrogens is 484 g/mol. The first kappa shape index (κ1) is 22.9. The summed E-state index contributed by atoms with van der Waals surface area (Å²) in [5, 5.41) is 5.16. The van der Waals surface area contributed by atoms with Gasteiger partial charge >= 0.3 is 0 Å². The van der Waals surface area contributed by atoms with Crippen LogP contribution in [-0.2, 0) is 0 Å². The second-order valence-electron chi connectivity index (χ2n) is 10.7. The van der Waals surface area contributed by atoms with Gasteiger partial charge < -0.3 is 9.13 Å². The zero-order valence-electron chi connectivity index (χ0n) is 22.6. The summed E-state index contributed by atoms with van der Waals surface area (Å²) in [5.74, 6) is 0. The Kier molecular flexibility index (Phi) is 4.99. The highest BCUT2D eigenvalue weighted by molar-refractivity contribution is 6.10. The van der Waals surface area contributed by atoms with Gasteiger partial charge in [-0.25, -0.2) is 0 Å². The van der Waals surface area contributed by atoms with E-state index in [9.17, 15) is 0 Å². The van der Waals surface area contributed by atoms with E-state index in [1.807, 2.05) is 0 Å². The maximum atomic E-state index is 2.42. The lowest BCUT2D eigenvalue weighted by Gasteiger charge is -2.17. The highest BCUT2D eigenvalue weighted by atomic mass is 15.0. The van der Waals surface area contributed by atoms with E-state index in [1.165, 1.54) is 77.2 Å². The molecular formula is C38H28N2. The molecule has 0 atom stereocenters. The molecule has 2 heteroatoms. The third-order valence-corrected chi connectivity index (χ3v) is 8.60. The molecule has 8 aromatic rings. The molecule has 2 nitrogen and oxygen atoms in total. The van der Waals surface area contributed by atoms with Crippen LogP contribution in [0.2, 0.25) is 0 Å². The molecule has 2 heterocycles. The number of nitrogens with zero attached hydrogens (tertiary/aromatic N) is 2. The maximum Gasteiger partial charge on any atom is 0.0541 e. The Morgan fingerprint density at radius 1 is 0.375 bits per heavy atom. The molecule has 0 amide bonds. The van der Waals surface area contributed by atoms with E-state index in [2.05, 4.69) is 156 Å². The van der Waals surface area contributed by atoms with Crippen molar-refractivity contribution in [2.75, 3.05) is 0 Å².